The number of allylic oxidation sites excluding steroid dienone is 1. The number of ether oxygens (including phenoxy) is 1. The van der Waals surface area contributed by atoms with Crippen molar-refractivity contribution in [2.24, 2.45) is 56.7 Å². The van der Waals surface area contributed by atoms with Crippen molar-refractivity contribution in [3.63, 3.8) is 0 Å². The maximum absolute atomic E-state index is 12.9. The van der Waals surface area contributed by atoms with Crippen LogP contribution in [0.1, 0.15) is 106 Å². The van der Waals surface area contributed by atoms with Gasteiger partial charge in [0.05, 0.1) is 12.5 Å². The van der Waals surface area contributed by atoms with Crippen molar-refractivity contribution in [2.45, 2.75) is 112 Å². The molecule has 0 saturated heterocycles. The monoisotopic (exact) mass is 543 g/mol. The van der Waals surface area contributed by atoms with Crippen molar-refractivity contribution in [3.05, 3.63) is 12.2 Å². The van der Waals surface area contributed by atoms with Gasteiger partial charge in [-0.1, -0.05) is 46.8 Å². The van der Waals surface area contributed by atoms with Crippen LogP contribution in [-0.4, -0.2) is 36.8 Å². The summed E-state index contributed by atoms with van der Waals surface area (Å²) in [6, 6.07) is 0. The van der Waals surface area contributed by atoms with Gasteiger partial charge in [-0.2, -0.15) is 5.48 Å². The number of hydrogen-bond donors (Lipinski definition) is 2. The topological polar surface area (TPSA) is 84.9 Å². The third-order valence-corrected chi connectivity index (χ3v) is 14.1. The number of carbonyl (C=O) groups is 2. The van der Waals surface area contributed by atoms with Gasteiger partial charge in [0.2, 0.25) is 0 Å². The van der Waals surface area contributed by atoms with E-state index in [2.05, 4.69) is 53.6 Å². The molecule has 4 unspecified atom stereocenters. The first-order chi connectivity index (χ1) is 18.2. The summed E-state index contributed by atoms with van der Waals surface area (Å²) >= 11 is 0. The Morgan fingerprint density at radius 3 is 2.26 bits per heavy atom. The number of fused-ring (bicyclic) bond motifs is 7. The molecule has 0 aromatic carbocycles. The van der Waals surface area contributed by atoms with Gasteiger partial charge in [-0.3, -0.25) is 9.59 Å². The number of carbonyl (C=O) groups excluding carboxylic acids is 1. The lowest BCUT2D eigenvalue weighted by Gasteiger charge is -2.72. The molecule has 6 heteroatoms. The zero-order valence-corrected chi connectivity index (χ0v) is 25.5. The van der Waals surface area contributed by atoms with Crippen LogP contribution in [0.5, 0.6) is 0 Å². The average molecular weight is 544 g/mol. The van der Waals surface area contributed by atoms with Crippen molar-refractivity contribution in [1.82, 2.24) is 5.48 Å². The predicted octanol–water partition coefficient (Wildman–Crippen LogP) is 6.79. The summed E-state index contributed by atoms with van der Waals surface area (Å²) in [7, 11) is 1.51. The highest BCUT2D eigenvalue weighted by Gasteiger charge is 2.72. The Hall–Kier alpha value is -1.40. The van der Waals surface area contributed by atoms with E-state index in [4.69, 9.17) is 9.57 Å². The summed E-state index contributed by atoms with van der Waals surface area (Å²) in [6.07, 6.45) is 10.1. The Labute approximate surface area is 236 Å². The van der Waals surface area contributed by atoms with E-state index in [0.29, 0.717) is 23.7 Å². The Morgan fingerprint density at radius 2 is 1.62 bits per heavy atom. The molecule has 5 saturated carbocycles. The fourth-order valence-electron chi connectivity index (χ4n) is 12.0. The van der Waals surface area contributed by atoms with E-state index in [-0.39, 0.29) is 46.2 Å². The second kappa shape index (κ2) is 9.58. The largest absolute Gasteiger partial charge is 0.481 e. The van der Waals surface area contributed by atoms with Crippen LogP contribution < -0.4 is 5.48 Å². The average Bonchev–Trinajstić information content (AvgIpc) is 3.26. The van der Waals surface area contributed by atoms with E-state index in [1.165, 1.54) is 25.5 Å². The van der Waals surface area contributed by atoms with Crippen molar-refractivity contribution < 1.29 is 24.3 Å². The molecule has 5 rings (SSSR count). The van der Waals surface area contributed by atoms with Gasteiger partial charge in [0.15, 0.2) is 0 Å². The standard InChI is InChI=1S/C33H53NO5/c1-20(2)21-11-16-33(28(36)37)18-17-31(6)22(27(21)33)9-10-24-30(5)14-13-25(39-26(35)19-34-38-8)29(3,4)23(30)12-15-32(24,31)7/h21-25,27,34H,1,9-19H2,2-8H3,(H,36,37)/t21-,22?,23?,24?,25-,27?,30-,31+,32+,33-/m0/s1. The molecule has 0 bridgehead atoms. The summed E-state index contributed by atoms with van der Waals surface area (Å²) in [4.78, 5) is 30.2. The molecule has 0 radical (unpaired) electrons. The number of hydrogen-bond acceptors (Lipinski definition) is 5. The smallest absolute Gasteiger partial charge is 0.322 e. The van der Waals surface area contributed by atoms with E-state index in [1.54, 1.807) is 0 Å². The Kier molecular flexibility index (Phi) is 7.15. The molecule has 5 aliphatic carbocycles. The Bertz CT molecular complexity index is 1020. The third-order valence-electron chi connectivity index (χ3n) is 14.1. The number of carboxylic acids is 1. The number of rotatable bonds is 6. The molecular weight excluding hydrogens is 490 g/mol. The molecule has 5 fully saturated rings. The number of nitrogens with one attached hydrogen (secondary N) is 1. The van der Waals surface area contributed by atoms with Gasteiger partial charge in [-0.25, -0.2) is 0 Å². The summed E-state index contributed by atoms with van der Waals surface area (Å²) in [5.41, 5.74) is 3.63. The number of esters is 1. The number of carboxylic acid groups (broad SMARTS) is 1. The minimum atomic E-state index is -0.570. The van der Waals surface area contributed by atoms with Crippen molar-refractivity contribution in [2.75, 3.05) is 13.7 Å². The van der Waals surface area contributed by atoms with Crippen LogP contribution in [0.3, 0.4) is 0 Å². The fraction of sp³-hybridized carbons (Fsp3) is 0.879. The molecule has 5 aliphatic rings. The lowest BCUT2D eigenvalue weighted by Crippen LogP contribution is -2.67. The maximum Gasteiger partial charge on any atom is 0.322 e. The highest BCUT2D eigenvalue weighted by Crippen LogP contribution is 2.77. The molecule has 10 atom stereocenters. The maximum atomic E-state index is 12.9. The summed E-state index contributed by atoms with van der Waals surface area (Å²) in [5, 5.41) is 10.6. The zero-order valence-electron chi connectivity index (χ0n) is 25.5. The minimum Gasteiger partial charge on any atom is -0.481 e. The Morgan fingerprint density at radius 1 is 0.897 bits per heavy atom. The normalized spacial score (nSPS) is 48.2. The molecule has 0 aromatic rings. The van der Waals surface area contributed by atoms with Gasteiger partial charge in [-0.05, 0) is 117 Å². The second-order valence-electron chi connectivity index (χ2n) is 15.5. The lowest BCUT2D eigenvalue weighted by atomic mass is 9.32. The van der Waals surface area contributed by atoms with Crippen LogP contribution in [0, 0.1) is 56.7 Å². The van der Waals surface area contributed by atoms with Crippen LogP contribution in [-0.2, 0) is 19.2 Å². The number of hydroxylamine groups is 1. The van der Waals surface area contributed by atoms with Crippen LogP contribution in [0.15, 0.2) is 12.2 Å². The fourth-order valence-corrected chi connectivity index (χ4v) is 12.0. The third kappa shape index (κ3) is 3.93. The zero-order chi connectivity index (χ0) is 28.6. The van der Waals surface area contributed by atoms with Gasteiger partial charge in [0, 0.05) is 5.41 Å². The van der Waals surface area contributed by atoms with Crippen LogP contribution >= 0.6 is 0 Å². The van der Waals surface area contributed by atoms with Crippen molar-refractivity contribution >= 4 is 11.9 Å². The molecule has 39 heavy (non-hydrogen) atoms. The molecule has 0 aliphatic heterocycles. The molecular formula is C33H53NO5. The molecule has 0 aromatic heterocycles. The predicted molar refractivity (Wildman–Crippen MR) is 151 cm³/mol. The SMILES string of the molecule is C=C(C)[C@@H]1CC[C@]2(C(=O)O)CC[C@]3(C)C(CCC4[C@@]5(C)CC[C@H](OC(=O)CNOC)C(C)(C)C5CC[C@]43C)C12. The molecule has 0 heterocycles. The quantitative estimate of drug-likeness (QED) is 0.218. The van der Waals surface area contributed by atoms with E-state index in [1.807, 2.05) is 0 Å². The molecule has 0 amide bonds. The van der Waals surface area contributed by atoms with Crippen LogP contribution in [0.4, 0.5) is 0 Å². The Balaban J connectivity index is 1.45. The van der Waals surface area contributed by atoms with Gasteiger partial charge < -0.3 is 14.7 Å². The van der Waals surface area contributed by atoms with E-state index >= 15 is 0 Å². The summed E-state index contributed by atoms with van der Waals surface area (Å²) in [5.74, 6) is 1.25. The van der Waals surface area contributed by atoms with E-state index in [9.17, 15) is 14.7 Å². The van der Waals surface area contributed by atoms with Crippen LogP contribution in [0.2, 0.25) is 0 Å². The van der Waals surface area contributed by atoms with E-state index in [0.717, 1.165) is 51.4 Å². The number of aliphatic carboxylic acids is 1. The highest BCUT2D eigenvalue weighted by atomic mass is 16.6. The first kappa shape index (κ1) is 29.1. The lowest BCUT2D eigenvalue weighted by molar-refractivity contribution is -0.250. The van der Waals surface area contributed by atoms with Crippen molar-refractivity contribution in [1.29, 1.82) is 0 Å². The van der Waals surface area contributed by atoms with E-state index < -0.39 is 11.4 Å². The highest BCUT2D eigenvalue weighted by molar-refractivity contribution is 5.76. The minimum absolute atomic E-state index is 0.0651. The summed E-state index contributed by atoms with van der Waals surface area (Å²) < 4.78 is 6.04. The first-order valence-corrected chi connectivity index (χ1v) is 15.5. The first-order valence-electron chi connectivity index (χ1n) is 15.5. The molecule has 220 valence electrons. The molecule has 0 spiro atoms. The molecule has 6 nitrogen and oxygen atoms in total. The second-order valence-corrected chi connectivity index (χ2v) is 15.5. The van der Waals surface area contributed by atoms with Gasteiger partial charge in [0.25, 0.3) is 0 Å². The van der Waals surface area contributed by atoms with Crippen LogP contribution in [0.25, 0.3) is 0 Å². The van der Waals surface area contributed by atoms with Gasteiger partial charge >= 0.3 is 11.9 Å². The van der Waals surface area contributed by atoms with Crippen molar-refractivity contribution in [3.8, 4) is 0 Å². The van der Waals surface area contributed by atoms with Gasteiger partial charge in [0.1, 0.15) is 12.6 Å². The van der Waals surface area contributed by atoms with Gasteiger partial charge in [-0.15, -0.1) is 0 Å². The summed E-state index contributed by atoms with van der Waals surface area (Å²) in [6.45, 7) is 18.9. The molecule has 2 N–H and O–H groups in total.